The minimum Gasteiger partial charge on any atom is -0.356 e. The Morgan fingerprint density at radius 3 is 2.42 bits per heavy atom. The van der Waals surface area contributed by atoms with E-state index in [1.165, 1.54) is 57.3 Å². The second kappa shape index (κ2) is 5.10. The first-order chi connectivity index (χ1) is 9.21. The number of anilines is 1. The van der Waals surface area contributed by atoms with Gasteiger partial charge in [0.25, 0.3) is 0 Å². The molecule has 0 bridgehead atoms. The predicted octanol–water partition coefficient (Wildman–Crippen LogP) is 3.51. The molecule has 0 unspecified atom stereocenters. The van der Waals surface area contributed by atoms with Crippen LogP contribution in [0.15, 0.2) is 6.07 Å². The summed E-state index contributed by atoms with van der Waals surface area (Å²) in [6.07, 6.45) is 9.54. The Kier molecular flexibility index (Phi) is 3.46. The highest BCUT2D eigenvalue weighted by Gasteiger charge is 2.37. The Balaban J connectivity index is 1.72. The predicted molar refractivity (Wildman–Crippen MR) is 78.5 cm³/mol. The van der Waals surface area contributed by atoms with Gasteiger partial charge in [0, 0.05) is 24.8 Å². The molecule has 2 aliphatic rings. The van der Waals surface area contributed by atoms with Gasteiger partial charge in [0.05, 0.1) is 0 Å². The van der Waals surface area contributed by atoms with Crippen LogP contribution in [-0.2, 0) is 6.42 Å². The largest absolute Gasteiger partial charge is 0.356 e. The highest BCUT2D eigenvalue weighted by atomic mass is 15.2. The van der Waals surface area contributed by atoms with Crippen molar-refractivity contribution in [1.82, 2.24) is 9.97 Å². The molecule has 1 aromatic rings. The highest BCUT2D eigenvalue weighted by Crippen LogP contribution is 2.46. The molecule has 0 atom stereocenters. The average molecular weight is 259 g/mol. The van der Waals surface area contributed by atoms with E-state index in [2.05, 4.69) is 27.9 Å². The van der Waals surface area contributed by atoms with Gasteiger partial charge in [-0.1, -0.05) is 19.8 Å². The maximum atomic E-state index is 4.64. The van der Waals surface area contributed by atoms with Gasteiger partial charge < -0.3 is 4.90 Å². The van der Waals surface area contributed by atoms with Crippen LogP contribution in [0.25, 0.3) is 0 Å². The van der Waals surface area contributed by atoms with Gasteiger partial charge in [-0.15, -0.1) is 0 Å². The van der Waals surface area contributed by atoms with Crippen molar-refractivity contribution in [1.29, 1.82) is 0 Å². The first-order valence-corrected chi connectivity index (χ1v) is 7.80. The smallest absolute Gasteiger partial charge is 0.132 e. The van der Waals surface area contributed by atoms with Gasteiger partial charge in [-0.2, -0.15) is 0 Å². The van der Waals surface area contributed by atoms with E-state index in [0.29, 0.717) is 5.41 Å². The fraction of sp³-hybridized carbons (Fsp3) is 0.750. The zero-order chi connectivity index (χ0) is 13.3. The molecule has 0 radical (unpaired) electrons. The van der Waals surface area contributed by atoms with Gasteiger partial charge in [-0.3, -0.25) is 0 Å². The second-order valence-corrected chi connectivity index (χ2v) is 6.31. The average Bonchev–Trinajstić information content (AvgIpc) is 2.87. The van der Waals surface area contributed by atoms with Crippen LogP contribution in [0.4, 0.5) is 5.82 Å². The summed E-state index contributed by atoms with van der Waals surface area (Å²) in [5.74, 6) is 2.06. The van der Waals surface area contributed by atoms with Gasteiger partial charge >= 0.3 is 0 Å². The van der Waals surface area contributed by atoms with E-state index in [4.69, 9.17) is 0 Å². The molecule has 2 heterocycles. The number of aryl methyl sites for hydroxylation is 2. The van der Waals surface area contributed by atoms with Crippen LogP contribution in [0, 0.1) is 12.3 Å². The first-order valence-electron chi connectivity index (χ1n) is 7.80. The van der Waals surface area contributed by atoms with Gasteiger partial charge in [-0.25, -0.2) is 9.97 Å². The standard InChI is InChI=1S/C16H25N3/c1-3-14-12-15(18-13(2)17-14)19-10-8-16(9-11-19)6-4-5-7-16/h12H,3-11H2,1-2H3. The Hall–Kier alpha value is -1.12. The molecule has 0 amide bonds. The monoisotopic (exact) mass is 259 g/mol. The summed E-state index contributed by atoms with van der Waals surface area (Å²) in [7, 11) is 0. The van der Waals surface area contributed by atoms with Crippen LogP contribution >= 0.6 is 0 Å². The summed E-state index contributed by atoms with van der Waals surface area (Å²) >= 11 is 0. The van der Waals surface area contributed by atoms with E-state index in [-0.39, 0.29) is 0 Å². The topological polar surface area (TPSA) is 29.0 Å². The molecule has 2 fully saturated rings. The molecular formula is C16H25N3. The van der Waals surface area contributed by atoms with Crippen LogP contribution in [-0.4, -0.2) is 23.1 Å². The van der Waals surface area contributed by atoms with Crippen molar-refractivity contribution in [3.63, 3.8) is 0 Å². The first kappa shape index (κ1) is 12.9. The highest BCUT2D eigenvalue weighted by molar-refractivity contribution is 5.40. The zero-order valence-corrected chi connectivity index (χ0v) is 12.3. The van der Waals surface area contributed by atoms with Gasteiger partial charge in [0.15, 0.2) is 0 Å². The molecule has 1 aliphatic carbocycles. The molecular weight excluding hydrogens is 234 g/mol. The third-order valence-corrected chi connectivity index (χ3v) is 5.05. The zero-order valence-electron chi connectivity index (χ0n) is 12.3. The molecule has 1 aliphatic heterocycles. The normalized spacial score (nSPS) is 22.1. The third kappa shape index (κ3) is 2.60. The molecule has 1 saturated heterocycles. The van der Waals surface area contributed by atoms with Crippen molar-refractivity contribution in [3.8, 4) is 0 Å². The van der Waals surface area contributed by atoms with E-state index in [1.54, 1.807) is 0 Å². The van der Waals surface area contributed by atoms with Crippen LogP contribution in [0.2, 0.25) is 0 Å². The number of piperidine rings is 1. The number of rotatable bonds is 2. The minimum absolute atomic E-state index is 0.687. The van der Waals surface area contributed by atoms with Crippen molar-refractivity contribution >= 4 is 5.82 Å². The van der Waals surface area contributed by atoms with Crippen molar-refractivity contribution in [2.45, 2.75) is 58.8 Å². The molecule has 3 heteroatoms. The molecule has 3 nitrogen and oxygen atoms in total. The fourth-order valence-electron chi connectivity index (χ4n) is 3.79. The summed E-state index contributed by atoms with van der Waals surface area (Å²) in [5.41, 5.74) is 1.86. The maximum Gasteiger partial charge on any atom is 0.132 e. The van der Waals surface area contributed by atoms with Crippen LogP contribution < -0.4 is 4.90 Å². The molecule has 1 spiro atoms. The van der Waals surface area contributed by atoms with E-state index in [9.17, 15) is 0 Å². The molecule has 0 aromatic carbocycles. The van der Waals surface area contributed by atoms with E-state index in [1.807, 2.05) is 6.92 Å². The van der Waals surface area contributed by atoms with Gasteiger partial charge in [-0.05, 0) is 44.4 Å². The number of nitrogens with zero attached hydrogens (tertiary/aromatic N) is 3. The van der Waals surface area contributed by atoms with Crippen molar-refractivity contribution in [3.05, 3.63) is 17.6 Å². The lowest BCUT2D eigenvalue weighted by atomic mass is 9.77. The van der Waals surface area contributed by atoms with E-state index < -0.39 is 0 Å². The van der Waals surface area contributed by atoms with Crippen molar-refractivity contribution in [2.75, 3.05) is 18.0 Å². The van der Waals surface area contributed by atoms with Crippen LogP contribution in [0.3, 0.4) is 0 Å². The molecule has 3 rings (SSSR count). The molecule has 104 valence electrons. The Bertz CT molecular complexity index is 439. The Morgan fingerprint density at radius 1 is 1.11 bits per heavy atom. The Morgan fingerprint density at radius 2 is 1.79 bits per heavy atom. The second-order valence-electron chi connectivity index (χ2n) is 6.31. The Labute approximate surface area is 116 Å². The van der Waals surface area contributed by atoms with E-state index in [0.717, 1.165) is 18.1 Å². The molecule has 19 heavy (non-hydrogen) atoms. The third-order valence-electron chi connectivity index (χ3n) is 5.05. The molecule has 1 saturated carbocycles. The lowest BCUT2D eigenvalue weighted by Gasteiger charge is -2.40. The maximum absolute atomic E-state index is 4.64. The van der Waals surface area contributed by atoms with Crippen LogP contribution in [0.5, 0.6) is 0 Å². The lowest BCUT2D eigenvalue weighted by Crippen LogP contribution is -2.39. The minimum atomic E-state index is 0.687. The molecule has 0 N–H and O–H groups in total. The van der Waals surface area contributed by atoms with Crippen molar-refractivity contribution in [2.24, 2.45) is 5.41 Å². The number of hydrogen-bond donors (Lipinski definition) is 0. The van der Waals surface area contributed by atoms with Gasteiger partial charge in [0.1, 0.15) is 11.6 Å². The van der Waals surface area contributed by atoms with E-state index >= 15 is 0 Å². The lowest BCUT2D eigenvalue weighted by molar-refractivity contribution is 0.226. The summed E-state index contributed by atoms with van der Waals surface area (Å²) in [6, 6.07) is 2.18. The summed E-state index contributed by atoms with van der Waals surface area (Å²) < 4.78 is 0. The number of hydrogen-bond acceptors (Lipinski definition) is 3. The number of aromatic nitrogens is 2. The van der Waals surface area contributed by atoms with Crippen LogP contribution in [0.1, 0.15) is 57.0 Å². The van der Waals surface area contributed by atoms with Gasteiger partial charge in [0.2, 0.25) is 0 Å². The SMILES string of the molecule is CCc1cc(N2CCC3(CCCC3)CC2)nc(C)n1. The summed E-state index contributed by atoms with van der Waals surface area (Å²) in [6.45, 7) is 6.53. The quantitative estimate of drug-likeness (QED) is 0.814. The fourth-order valence-corrected chi connectivity index (χ4v) is 3.79. The summed E-state index contributed by atoms with van der Waals surface area (Å²) in [4.78, 5) is 11.6. The molecule has 1 aromatic heterocycles. The summed E-state index contributed by atoms with van der Waals surface area (Å²) in [5, 5.41) is 0. The van der Waals surface area contributed by atoms with Crippen molar-refractivity contribution < 1.29 is 0 Å².